The van der Waals surface area contributed by atoms with Gasteiger partial charge in [0.15, 0.2) is 0 Å². The second kappa shape index (κ2) is 8.04. The summed E-state index contributed by atoms with van der Waals surface area (Å²) in [5, 5.41) is 18.8. The molecule has 0 bridgehead atoms. The van der Waals surface area contributed by atoms with E-state index in [9.17, 15) is 10.1 Å². The van der Waals surface area contributed by atoms with Crippen molar-refractivity contribution < 1.29 is 0 Å². The maximum absolute atomic E-state index is 12.8. The van der Waals surface area contributed by atoms with Crippen LogP contribution in [0.3, 0.4) is 0 Å². The van der Waals surface area contributed by atoms with Gasteiger partial charge in [-0.05, 0) is 43.0 Å². The number of nitrogens with zero attached hydrogens (tertiary/aromatic N) is 5. The number of nitriles is 1. The molecule has 6 heteroatoms. The van der Waals surface area contributed by atoms with Crippen LogP contribution in [0.25, 0.3) is 28.0 Å². The van der Waals surface area contributed by atoms with Gasteiger partial charge in [0.05, 0.1) is 28.9 Å². The van der Waals surface area contributed by atoms with E-state index in [0.29, 0.717) is 5.69 Å². The maximum atomic E-state index is 12.8. The van der Waals surface area contributed by atoms with Crippen LogP contribution >= 0.6 is 0 Å². The third kappa shape index (κ3) is 3.44. The van der Waals surface area contributed by atoms with Gasteiger partial charge in [0, 0.05) is 23.9 Å². The van der Waals surface area contributed by atoms with Gasteiger partial charge in [0.2, 0.25) is 0 Å². The van der Waals surface area contributed by atoms with Gasteiger partial charge in [0.1, 0.15) is 5.69 Å². The van der Waals surface area contributed by atoms with Crippen LogP contribution in [-0.4, -0.2) is 19.4 Å². The van der Waals surface area contributed by atoms with Crippen molar-refractivity contribution in [2.75, 3.05) is 0 Å². The first-order valence-corrected chi connectivity index (χ1v) is 10.5. The third-order valence-electron chi connectivity index (χ3n) is 5.83. The van der Waals surface area contributed by atoms with E-state index in [2.05, 4.69) is 6.07 Å². The van der Waals surface area contributed by atoms with E-state index >= 15 is 0 Å². The van der Waals surface area contributed by atoms with Crippen molar-refractivity contribution in [3.63, 3.8) is 0 Å². The van der Waals surface area contributed by atoms with Crippen molar-refractivity contribution in [2.24, 2.45) is 0 Å². The van der Waals surface area contributed by atoms with Crippen LogP contribution in [0.4, 0.5) is 0 Å². The zero-order chi connectivity index (χ0) is 21.2. The van der Waals surface area contributed by atoms with Gasteiger partial charge in [0.25, 0.3) is 5.56 Å². The van der Waals surface area contributed by atoms with Gasteiger partial charge in [-0.1, -0.05) is 42.8 Å². The van der Waals surface area contributed by atoms with Gasteiger partial charge in [-0.2, -0.15) is 15.5 Å². The lowest BCUT2D eigenvalue weighted by Crippen LogP contribution is -2.29. The summed E-state index contributed by atoms with van der Waals surface area (Å²) in [5.41, 5.74) is 5.14. The molecule has 1 unspecified atom stereocenters. The average Bonchev–Trinajstić information content (AvgIpc) is 3.20. The summed E-state index contributed by atoms with van der Waals surface area (Å²) in [6.45, 7) is 0. The lowest BCUT2D eigenvalue weighted by molar-refractivity contribution is 0.397. The number of rotatable bonds is 3. The van der Waals surface area contributed by atoms with E-state index in [-0.39, 0.29) is 11.6 Å². The van der Waals surface area contributed by atoms with E-state index in [1.807, 2.05) is 59.2 Å². The lowest BCUT2D eigenvalue weighted by Gasteiger charge is -2.26. The number of hydrogen-bond acceptors (Lipinski definition) is 4. The Morgan fingerprint density at radius 3 is 2.68 bits per heavy atom. The quantitative estimate of drug-likeness (QED) is 0.458. The molecule has 1 aliphatic rings. The van der Waals surface area contributed by atoms with Crippen LogP contribution in [0.5, 0.6) is 0 Å². The van der Waals surface area contributed by atoms with Crippen molar-refractivity contribution in [1.82, 2.24) is 19.4 Å². The summed E-state index contributed by atoms with van der Waals surface area (Å²) in [4.78, 5) is 12.8. The number of hydrogen-bond donors (Lipinski definition) is 0. The number of allylic oxidation sites excluding steroid dienone is 2. The molecule has 0 amide bonds. The Morgan fingerprint density at radius 2 is 1.84 bits per heavy atom. The largest absolute Gasteiger partial charge is 0.268 e. The van der Waals surface area contributed by atoms with Crippen molar-refractivity contribution >= 4 is 5.52 Å². The molecule has 6 nitrogen and oxygen atoms in total. The Morgan fingerprint density at radius 1 is 1.00 bits per heavy atom. The molecule has 0 radical (unpaired) electrons. The van der Waals surface area contributed by atoms with Gasteiger partial charge in [-0.3, -0.25) is 4.79 Å². The SMILES string of the molecule is N#CC=C1CCCCC1n1nc(-c2c(-c3ccccc3)nn3ccccc23)ccc1=O. The first-order valence-electron chi connectivity index (χ1n) is 10.5. The Labute approximate surface area is 179 Å². The minimum atomic E-state index is -0.178. The molecule has 1 saturated carbocycles. The van der Waals surface area contributed by atoms with E-state index in [4.69, 9.17) is 10.2 Å². The molecule has 3 aromatic heterocycles. The van der Waals surface area contributed by atoms with Gasteiger partial charge in [-0.15, -0.1) is 0 Å². The first-order chi connectivity index (χ1) is 15.3. The highest BCUT2D eigenvalue weighted by atomic mass is 16.1. The van der Waals surface area contributed by atoms with Crippen LogP contribution in [0.2, 0.25) is 0 Å². The standard InChI is InChI=1S/C25H21N5O/c26-16-15-18-8-4-5-11-21(18)30-23(31)14-13-20(27-30)24-22-12-6-7-17-29(22)28-25(24)19-9-2-1-3-10-19/h1-3,6-7,9-10,12-15,17,21H,4-5,8,11H2. The number of benzene rings is 1. The molecule has 0 spiro atoms. The first kappa shape index (κ1) is 19.0. The van der Waals surface area contributed by atoms with E-state index in [1.165, 1.54) is 0 Å². The van der Waals surface area contributed by atoms with Crippen molar-refractivity contribution in [2.45, 2.75) is 31.7 Å². The second-order valence-electron chi connectivity index (χ2n) is 7.73. The van der Waals surface area contributed by atoms with Gasteiger partial charge < -0.3 is 0 Å². The normalized spacial score (nSPS) is 17.6. The molecular weight excluding hydrogens is 386 g/mol. The van der Waals surface area contributed by atoms with Crippen LogP contribution in [-0.2, 0) is 0 Å². The third-order valence-corrected chi connectivity index (χ3v) is 5.83. The molecule has 1 aliphatic carbocycles. The zero-order valence-electron chi connectivity index (χ0n) is 17.0. The summed E-state index contributed by atoms with van der Waals surface area (Å²) in [5.74, 6) is 0. The van der Waals surface area contributed by atoms with Gasteiger partial charge in [-0.25, -0.2) is 9.20 Å². The number of fused-ring (bicyclic) bond motifs is 1. The molecule has 4 aromatic rings. The fourth-order valence-electron chi connectivity index (χ4n) is 4.38. The van der Waals surface area contributed by atoms with E-state index in [0.717, 1.165) is 53.6 Å². The minimum Gasteiger partial charge on any atom is -0.268 e. The molecule has 0 aliphatic heterocycles. The number of aromatic nitrogens is 4. The van der Waals surface area contributed by atoms with Gasteiger partial charge >= 0.3 is 0 Å². The molecular formula is C25H21N5O. The van der Waals surface area contributed by atoms with E-state index in [1.54, 1.807) is 22.9 Å². The Kier molecular flexibility index (Phi) is 4.93. The molecule has 31 heavy (non-hydrogen) atoms. The van der Waals surface area contributed by atoms with E-state index < -0.39 is 0 Å². The highest BCUT2D eigenvalue weighted by Gasteiger charge is 2.24. The maximum Gasteiger partial charge on any atom is 0.267 e. The van der Waals surface area contributed by atoms with Crippen molar-refractivity contribution in [3.8, 4) is 28.6 Å². The summed E-state index contributed by atoms with van der Waals surface area (Å²) < 4.78 is 3.40. The smallest absolute Gasteiger partial charge is 0.267 e. The summed E-state index contributed by atoms with van der Waals surface area (Å²) in [6, 6.07) is 21.2. The predicted molar refractivity (Wildman–Crippen MR) is 119 cm³/mol. The highest BCUT2D eigenvalue weighted by Crippen LogP contribution is 2.35. The highest BCUT2D eigenvalue weighted by molar-refractivity contribution is 5.90. The zero-order valence-corrected chi connectivity index (χ0v) is 17.0. The molecule has 0 N–H and O–H groups in total. The van der Waals surface area contributed by atoms with Crippen LogP contribution in [0, 0.1) is 11.3 Å². The second-order valence-corrected chi connectivity index (χ2v) is 7.73. The minimum absolute atomic E-state index is 0.155. The monoisotopic (exact) mass is 407 g/mol. The summed E-state index contributed by atoms with van der Waals surface area (Å²) in [6.07, 6.45) is 7.17. The fourth-order valence-corrected chi connectivity index (χ4v) is 4.38. The molecule has 1 fully saturated rings. The summed E-state index contributed by atoms with van der Waals surface area (Å²) in [7, 11) is 0. The molecule has 1 atom stereocenters. The Balaban J connectivity index is 1.72. The van der Waals surface area contributed by atoms with Crippen LogP contribution in [0.15, 0.2) is 83.3 Å². The van der Waals surface area contributed by atoms with Crippen LogP contribution < -0.4 is 5.56 Å². The Hall–Kier alpha value is -3.98. The van der Waals surface area contributed by atoms with Crippen molar-refractivity contribution in [1.29, 1.82) is 5.26 Å². The lowest BCUT2D eigenvalue weighted by atomic mass is 9.90. The molecule has 3 heterocycles. The molecule has 1 aromatic carbocycles. The fraction of sp³-hybridized carbons (Fsp3) is 0.200. The predicted octanol–water partition coefficient (Wildman–Crippen LogP) is 4.79. The van der Waals surface area contributed by atoms with Crippen LogP contribution in [0.1, 0.15) is 31.7 Å². The Bertz CT molecular complexity index is 1370. The molecule has 5 rings (SSSR count). The summed E-state index contributed by atoms with van der Waals surface area (Å²) >= 11 is 0. The number of pyridine rings is 1. The topological polar surface area (TPSA) is 76.0 Å². The molecule has 0 saturated heterocycles. The van der Waals surface area contributed by atoms with Crippen molar-refractivity contribution in [3.05, 3.63) is 88.9 Å². The molecule has 152 valence electrons. The average molecular weight is 407 g/mol.